The zero-order chi connectivity index (χ0) is 17.8. The number of hydrogen-bond donors (Lipinski definition) is 0. The second-order valence-corrected chi connectivity index (χ2v) is 7.24. The monoisotopic (exact) mass is 402 g/mol. The van der Waals surface area contributed by atoms with E-state index in [9.17, 15) is 0 Å². The van der Waals surface area contributed by atoms with Crippen molar-refractivity contribution in [3.63, 3.8) is 0 Å². The predicted octanol–water partition coefficient (Wildman–Crippen LogP) is 3.61. The normalized spacial score (nSPS) is 14.2. The molecule has 0 aromatic heterocycles. The fourth-order valence-corrected chi connectivity index (χ4v) is 3.04. The lowest BCUT2D eigenvalue weighted by atomic mass is 10.2. The molecule has 1 aliphatic heterocycles. The van der Waals surface area contributed by atoms with Gasteiger partial charge in [-0.05, 0) is 56.1 Å². The van der Waals surface area contributed by atoms with Gasteiger partial charge in [-0.2, -0.15) is 5.10 Å². The molecule has 0 unspecified atom stereocenters. The molecule has 0 radical (unpaired) electrons. The van der Waals surface area contributed by atoms with Gasteiger partial charge in [-0.3, -0.25) is 0 Å². The van der Waals surface area contributed by atoms with Gasteiger partial charge in [-0.15, -0.1) is 0 Å². The molecule has 0 spiro atoms. The summed E-state index contributed by atoms with van der Waals surface area (Å²) in [4.78, 5) is 4.44. The summed E-state index contributed by atoms with van der Waals surface area (Å²) in [5, 5.41) is 6.88. The van der Waals surface area contributed by atoms with Crippen molar-refractivity contribution in [1.82, 2.24) is 9.80 Å². The van der Waals surface area contributed by atoms with Crippen LogP contribution in [-0.4, -0.2) is 50.1 Å². The van der Waals surface area contributed by atoms with Crippen molar-refractivity contribution < 1.29 is 4.74 Å². The molecule has 6 heteroatoms. The summed E-state index contributed by atoms with van der Waals surface area (Å²) < 4.78 is 6.41. The van der Waals surface area contributed by atoms with E-state index in [2.05, 4.69) is 64.1 Å². The van der Waals surface area contributed by atoms with E-state index in [4.69, 9.17) is 9.84 Å². The summed E-state index contributed by atoms with van der Waals surface area (Å²) in [6.07, 6.45) is 0. The van der Waals surface area contributed by atoms with E-state index in [1.807, 2.05) is 29.3 Å². The first-order valence-electron chi connectivity index (χ1n) is 8.18. The Morgan fingerprint density at radius 1 is 1.16 bits per heavy atom. The van der Waals surface area contributed by atoms with Crippen molar-refractivity contribution in [2.24, 2.45) is 5.10 Å². The third-order valence-corrected chi connectivity index (χ3v) is 4.52. The van der Waals surface area contributed by atoms with Crippen molar-refractivity contribution in [3.8, 4) is 5.75 Å². The van der Waals surface area contributed by atoms with E-state index >= 15 is 0 Å². The van der Waals surface area contributed by atoms with Gasteiger partial charge in [0.05, 0.1) is 19.3 Å². The number of nitrogens with zero attached hydrogens (tertiary/aromatic N) is 4. The van der Waals surface area contributed by atoms with E-state index in [1.165, 1.54) is 5.56 Å². The molecule has 132 valence electrons. The number of benzene rings is 2. The highest BCUT2D eigenvalue weighted by Crippen LogP contribution is 2.24. The highest BCUT2D eigenvalue weighted by Gasteiger charge is 2.24. The number of anilines is 1. The van der Waals surface area contributed by atoms with Crippen LogP contribution in [-0.2, 0) is 6.54 Å². The van der Waals surface area contributed by atoms with E-state index in [0.717, 1.165) is 41.5 Å². The van der Waals surface area contributed by atoms with Crippen LogP contribution < -0.4 is 9.75 Å². The molecule has 0 saturated carbocycles. The van der Waals surface area contributed by atoms with Crippen molar-refractivity contribution in [3.05, 3.63) is 58.6 Å². The molecule has 3 rings (SSSR count). The number of rotatable bonds is 6. The Morgan fingerprint density at radius 3 is 2.60 bits per heavy atom. The molecule has 0 fully saturated rings. The molecule has 0 N–H and O–H groups in total. The zero-order valence-electron chi connectivity index (χ0n) is 14.8. The molecule has 2 aromatic carbocycles. The van der Waals surface area contributed by atoms with Gasteiger partial charge in [0.1, 0.15) is 18.3 Å². The molecule has 0 saturated heterocycles. The van der Waals surface area contributed by atoms with Crippen LogP contribution in [0, 0.1) is 0 Å². The molecule has 1 heterocycles. The zero-order valence-corrected chi connectivity index (χ0v) is 16.4. The molecule has 5 nitrogen and oxygen atoms in total. The molecule has 0 bridgehead atoms. The van der Waals surface area contributed by atoms with Crippen molar-refractivity contribution in [2.45, 2.75) is 6.54 Å². The van der Waals surface area contributed by atoms with Crippen LogP contribution in [0.5, 0.6) is 5.75 Å². The number of halogens is 1. The van der Waals surface area contributed by atoms with Crippen LogP contribution in [0.3, 0.4) is 0 Å². The quantitative estimate of drug-likeness (QED) is 0.738. The molecule has 0 amide bonds. The number of ether oxygens (including phenoxy) is 1. The lowest BCUT2D eigenvalue weighted by molar-refractivity contribution is 0.395. The summed E-state index contributed by atoms with van der Waals surface area (Å²) in [6, 6.07) is 16.4. The minimum absolute atomic E-state index is 0.738. The van der Waals surface area contributed by atoms with E-state index in [1.54, 1.807) is 7.11 Å². The first-order valence-corrected chi connectivity index (χ1v) is 8.97. The van der Waals surface area contributed by atoms with Gasteiger partial charge in [0.15, 0.2) is 0 Å². The average Bonchev–Trinajstić information content (AvgIpc) is 2.97. The van der Waals surface area contributed by atoms with E-state index in [-0.39, 0.29) is 0 Å². The Bertz CT molecular complexity index is 745. The van der Waals surface area contributed by atoms with E-state index < -0.39 is 0 Å². The van der Waals surface area contributed by atoms with E-state index in [0.29, 0.717) is 0 Å². The van der Waals surface area contributed by atoms with Gasteiger partial charge >= 0.3 is 0 Å². The Kier molecular flexibility index (Phi) is 5.60. The van der Waals surface area contributed by atoms with Crippen molar-refractivity contribution >= 4 is 27.5 Å². The van der Waals surface area contributed by atoms with Gasteiger partial charge in [-0.1, -0.05) is 28.1 Å². The topological polar surface area (TPSA) is 31.3 Å². The average molecular weight is 403 g/mol. The molecular formula is C19H23BrN4O. The fourth-order valence-electron chi connectivity index (χ4n) is 2.78. The van der Waals surface area contributed by atoms with Crippen LogP contribution in [0.1, 0.15) is 5.56 Å². The van der Waals surface area contributed by atoms with Gasteiger partial charge < -0.3 is 14.5 Å². The minimum atomic E-state index is 0.738. The molecule has 25 heavy (non-hydrogen) atoms. The summed E-state index contributed by atoms with van der Waals surface area (Å²) in [6.45, 7) is 2.34. The Balaban J connectivity index is 1.80. The maximum absolute atomic E-state index is 5.34. The molecule has 1 aliphatic rings. The maximum atomic E-state index is 5.34. The van der Waals surface area contributed by atoms with Crippen LogP contribution in [0.2, 0.25) is 0 Å². The lowest BCUT2D eigenvalue weighted by Crippen LogP contribution is -2.35. The number of methoxy groups -OCH3 is 1. The Hall–Kier alpha value is -2.05. The first kappa shape index (κ1) is 17.8. The minimum Gasteiger partial charge on any atom is -0.497 e. The van der Waals surface area contributed by atoms with Crippen molar-refractivity contribution in [1.29, 1.82) is 0 Å². The number of amidine groups is 1. The largest absolute Gasteiger partial charge is 0.497 e. The number of hydrazone groups is 1. The van der Waals surface area contributed by atoms with Gasteiger partial charge in [0.25, 0.3) is 0 Å². The van der Waals surface area contributed by atoms with Gasteiger partial charge in [0, 0.05) is 11.0 Å². The lowest BCUT2D eigenvalue weighted by Gasteiger charge is -2.23. The van der Waals surface area contributed by atoms with Gasteiger partial charge in [-0.25, -0.2) is 5.01 Å². The summed E-state index contributed by atoms with van der Waals surface area (Å²) in [5.74, 6) is 1.95. The molecular weight excluding hydrogens is 380 g/mol. The third kappa shape index (κ3) is 4.52. The summed E-state index contributed by atoms with van der Waals surface area (Å²) >= 11 is 3.49. The molecule has 0 atom stereocenters. The van der Waals surface area contributed by atoms with Crippen LogP contribution in [0.15, 0.2) is 58.1 Å². The smallest absolute Gasteiger partial charge is 0.141 e. The summed E-state index contributed by atoms with van der Waals surface area (Å²) in [5.41, 5.74) is 2.30. The highest BCUT2D eigenvalue weighted by atomic mass is 79.9. The second kappa shape index (κ2) is 7.89. The van der Waals surface area contributed by atoms with Gasteiger partial charge in [0.2, 0.25) is 0 Å². The van der Waals surface area contributed by atoms with Crippen molar-refractivity contribution in [2.75, 3.05) is 39.4 Å². The van der Waals surface area contributed by atoms with Crippen LogP contribution in [0.25, 0.3) is 0 Å². The Morgan fingerprint density at radius 2 is 1.92 bits per heavy atom. The number of hydrogen-bond acceptors (Lipinski definition) is 5. The Labute approximate surface area is 157 Å². The molecule has 0 aliphatic carbocycles. The highest BCUT2D eigenvalue weighted by molar-refractivity contribution is 9.10. The standard InChI is InChI=1S/C19H23BrN4O/c1-22(2)13-19-21-24(17-9-7-16(20)8-10-17)14-23(19)12-15-5-4-6-18(11-15)25-3/h4-11H,12-14H2,1-3H3. The van der Waals surface area contributed by atoms with Crippen LogP contribution >= 0.6 is 15.9 Å². The first-order chi connectivity index (χ1) is 12.0. The third-order valence-electron chi connectivity index (χ3n) is 4.00. The van der Waals surface area contributed by atoms with Crippen LogP contribution in [0.4, 0.5) is 5.69 Å². The fraction of sp³-hybridized carbons (Fsp3) is 0.316. The SMILES string of the molecule is COc1cccc(CN2CN(c3ccc(Br)cc3)N=C2CN(C)C)c1. The number of likely N-dealkylation sites (N-methyl/N-ethyl adjacent to an activating group) is 1. The molecule has 2 aromatic rings. The summed E-state index contributed by atoms with van der Waals surface area (Å²) in [7, 11) is 5.83. The maximum Gasteiger partial charge on any atom is 0.141 e. The second-order valence-electron chi connectivity index (χ2n) is 6.32. The predicted molar refractivity (Wildman–Crippen MR) is 106 cm³/mol.